The highest BCUT2D eigenvalue weighted by atomic mass is 16.4. The van der Waals surface area contributed by atoms with Crippen molar-refractivity contribution in [1.82, 2.24) is 9.88 Å². The summed E-state index contributed by atoms with van der Waals surface area (Å²) in [4.78, 5) is 17.5. The summed E-state index contributed by atoms with van der Waals surface area (Å²) >= 11 is 0. The van der Waals surface area contributed by atoms with E-state index in [1.54, 1.807) is 6.92 Å². The molecule has 2 N–H and O–H groups in total. The van der Waals surface area contributed by atoms with Gasteiger partial charge in [0, 0.05) is 19.0 Å². The number of benzene rings is 1. The molecule has 100 valence electrons. The summed E-state index contributed by atoms with van der Waals surface area (Å²) in [6, 6.07) is 7.81. The SMILES string of the molecule is Cc1nc(C(N)=O)c(-c2cccc(CN(C)C)c2)o1. The van der Waals surface area contributed by atoms with Gasteiger partial charge in [-0.25, -0.2) is 4.98 Å². The number of carbonyl (C=O) groups excluding carboxylic acids is 1. The molecule has 1 aromatic heterocycles. The Morgan fingerprint density at radius 3 is 2.79 bits per heavy atom. The Morgan fingerprint density at radius 2 is 2.16 bits per heavy atom. The maximum atomic E-state index is 11.4. The summed E-state index contributed by atoms with van der Waals surface area (Å²) in [5.41, 5.74) is 7.44. The molecule has 0 aliphatic heterocycles. The molecule has 0 unspecified atom stereocenters. The highest BCUT2D eigenvalue weighted by Gasteiger charge is 2.17. The van der Waals surface area contributed by atoms with E-state index >= 15 is 0 Å². The molecule has 0 aliphatic rings. The van der Waals surface area contributed by atoms with E-state index in [0.29, 0.717) is 11.7 Å². The normalized spacial score (nSPS) is 10.9. The van der Waals surface area contributed by atoms with Crippen LogP contribution in [0, 0.1) is 6.92 Å². The summed E-state index contributed by atoms with van der Waals surface area (Å²) in [6.07, 6.45) is 0. The van der Waals surface area contributed by atoms with Gasteiger partial charge < -0.3 is 15.1 Å². The van der Waals surface area contributed by atoms with Gasteiger partial charge in [-0.1, -0.05) is 18.2 Å². The third kappa shape index (κ3) is 3.00. The van der Waals surface area contributed by atoms with Crippen molar-refractivity contribution < 1.29 is 9.21 Å². The van der Waals surface area contributed by atoms with Gasteiger partial charge in [-0.15, -0.1) is 0 Å². The van der Waals surface area contributed by atoms with Gasteiger partial charge >= 0.3 is 0 Å². The Hall–Kier alpha value is -2.14. The smallest absolute Gasteiger partial charge is 0.271 e. The number of nitrogens with two attached hydrogens (primary N) is 1. The molecule has 0 saturated carbocycles. The Balaban J connectivity index is 2.44. The van der Waals surface area contributed by atoms with Crippen molar-refractivity contribution in [3.05, 3.63) is 41.4 Å². The van der Waals surface area contributed by atoms with Crippen LogP contribution in [0.5, 0.6) is 0 Å². The number of rotatable bonds is 4. The van der Waals surface area contributed by atoms with Crippen LogP contribution < -0.4 is 5.73 Å². The first-order valence-electron chi connectivity index (χ1n) is 5.98. The van der Waals surface area contributed by atoms with E-state index in [0.717, 1.165) is 17.7 Å². The van der Waals surface area contributed by atoms with Crippen molar-refractivity contribution in [2.75, 3.05) is 14.1 Å². The number of hydrogen-bond donors (Lipinski definition) is 1. The lowest BCUT2D eigenvalue weighted by Gasteiger charge is -2.10. The Morgan fingerprint density at radius 1 is 1.42 bits per heavy atom. The van der Waals surface area contributed by atoms with Crippen molar-refractivity contribution in [2.24, 2.45) is 5.73 Å². The molecule has 19 heavy (non-hydrogen) atoms. The van der Waals surface area contributed by atoms with E-state index in [9.17, 15) is 4.79 Å². The number of aromatic nitrogens is 1. The molecule has 0 fully saturated rings. The summed E-state index contributed by atoms with van der Waals surface area (Å²) in [5.74, 6) is 0.289. The maximum Gasteiger partial charge on any atom is 0.271 e. The maximum absolute atomic E-state index is 11.4. The molecule has 1 aromatic carbocycles. The van der Waals surface area contributed by atoms with Crippen molar-refractivity contribution in [3.8, 4) is 11.3 Å². The van der Waals surface area contributed by atoms with E-state index in [4.69, 9.17) is 10.2 Å². The molecule has 1 amide bonds. The van der Waals surface area contributed by atoms with Crippen LogP contribution in [0.15, 0.2) is 28.7 Å². The predicted octanol–water partition coefficient (Wildman–Crippen LogP) is 1.81. The zero-order valence-electron chi connectivity index (χ0n) is 11.3. The van der Waals surface area contributed by atoms with Gasteiger partial charge in [0.15, 0.2) is 17.3 Å². The lowest BCUT2D eigenvalue weighted by atomic mass is 10.1. The molecule has 0 aliphatic carbocycles. The lowest BCUT2D eigenvalue weighted by Crippen LogP contribution is -2.13. The first kappa shape index (κ1) is 13.3. The summed E-state index contributed by atoms with van der Waals surface area (Å²) in [7, 11) is 4.00. The Labute approximate surface area is 112 Å². The zero-order valence-corrected chi connectivity index (χ0v) is 11.3. The zero-order chi connectivity index (χ0) is 14.0. The molecule has 1 heterocycles. The molecule has 0 radical (unpaired) electrons. The Bertz CT molecular complexity index is 602. The second kappa shape index (κ2) is 5.24. The minimum atomic E-state index is -0.579. The number of primary amides is 1. The molecule has 0 atom stereocenters. The van der Waals surface area contributed by atoms with E-state index in [1.807, 2.05) is 38.4 Å². The second-order valence-corrected chi connectivity index (χ2v) is 4.71. The monoisotopic (exact) mass is 259 g/mol. The lowest BCUT2D eigenvalue weighted by molar-refractivity contribution is 0.0996. The van der Waals surface area contributed by atoms with Gasteiger partial charge in [0.25, 0.3) is 5.91 Å². The number of carbonyl (C=O) groups is 1. The molecule has 5 heteroatoms. The second-order valence-electron chi connectivity index (χ2n) is 4.71. The molecule has 0 saturated heterocycles. The fourth-order valence-corrected chi connectivity index (χ4v) is 1.97. The highest BCUT2D eigenvalue weighted by Crippen LogP contribution is 2.25. The molecular weight excluding hydrogens is 242 g/mol. The highest BCUT2D eigenvalue weighted by molar-refractivity contribution is 5.96. The van der Waals surface area contributed by atoms with Gasteiger partial charge in [-0.3, -0.25) is 4.79 Å². The molecule has 0 spiro atoms. The van der Waals surface area contributed by atoms with Crippen LogP contribution in [-0.2, 0) is 6.54 Å². The van der Waals surface area contributed by atoms with E-state index in [1.165, 1.54) is 0 Å². The van der Waals surface area contributed by atoms with E-state index < -0.39 is 5.91 Å². The largest absolute Gasteiger partial charge is 0.440 e. The van der Waals surface area contributed by atoms with Crippen LogP contribution in [0.4, 0.5) is 0 Å². The Kier molecular flexibility index (Phi) is 3.66. The summed E-state index contributed by atoms with van der Waals surface area (Å²) < 4.78 is 5.50. The van der Waals surface area contributed by atoms with Gasteiger partial charge in [0.05, 0.1) is 0 Å². The third-order valence-electron chi connectivity index (χ3n) is 2.66. The van der Waals surface area contributed by atoms with Gasteiger partial charge in [0.2, 0.25) is 0 Å². The van der Waals surface area contributed by atoms with Crippen LogP contribution in [0.25, 0.3) is 11.3 Å². The fraction of sp³-hybridized carbons (Fsp3) is 0.286. The minimum Gasteiger partial charge on any atom is -0.440 e. The summed E-state index contributed by atoms with van der Waals surface area (Å²) in [6.45, 7) is 2.51. The number of aryl methyl sites for hydroxylation is 1. The van der Waals surface area contributed by atoms with Crippen molar-refractivity contribution in [3.63, 3.8) is 0 Å². The van der Waals surface area contributed by atoms with Gasteiger partial charge in [0.1, 0.15) is 0 Å². The van der Waals surface area contributed by atoms with Gasteiger partial charge in [-0.05, 0) is 25.7 Å². The van der Waals surface area contributed by atoms with Crippen LogP contribution >= 0.6 is 0 Å². The fourth-order valence-electron chi connectivity index (χ4n) is 1.97. The van der Waals surface area contributed by atoms with E-state index in [-0.39, 0.29) is 5.69 Å². The first-order chi connectivity index (χ1) is 8.97. The topological polar surface area (TPSA) is 72.4 Å². The average molecular weight is 259 g/mol. The predicted molar refractivity (Wildman–Crippen MR) is 72.6 cm³/mol. The van der Waals surface area contributed by atoms with Crippen LogP contribution in [0.2, 0.25) is 0 Å². The summed E-state index contributed by atoms with van der Waals surface area (Å²) in [5, 5.41) is 0. The number of nitrogens with zero attached hydrogens (tertiary/aromatic N) is 2. The molecule has 2 aromatic rings. The van der Waals surface area contributed by atoms with Crippen LogP contribution in [0.3, 0.4) is 0 Å². The molecule has 5 nitrogen and oxygen atoms in total. The first-order valence-corrected chi connectivity index (χ1v) is 5.98. The minimum absolute atomic E-state index is 0.180. The van der Waals surface area contributed by atoms with Crippen LogP contribution in [-0.4, -0.2) is 29.9 Å². The standard InChI is InChI=1S/C14H17N3O2/c1-9-16-12(14(15)18)13(19-9)11-6-4-5-10(7-11)8-17(2)3/h4-7H,8H2,1-3H3,(H2,15,18). The molecular formula is C14H17N3O2. The van der Waals surface area contributed by atoms with Crippen LogP contribution in [0.1, 0.15) is 21.9 Å². The number of oxazole rings is 1. The number of amides is 1. The van der Waals surface area contributed by atoms with E-state index in [2.05, 4.69) is 9.88 Å². The van der Waals surface area contributed by atoms with Gasteiger partial charge in [-0.2, -0.15) is 0 Å². The van der Waals surface area contributed by atoms with Crippen molar-refractivity contribution >= 4 is 5.91 Å². The van der Waals surface area contributed by atoms with Crippen molar-refractivity contribution in [2.45, 2.75) is 13.5 Å². The third-order valence-corrected chi connectivity index (χ3v) is 2.66. The molecule has 2 rings (SSSR count). The number of hydrogen-bond acceptors (Lipinski definition) is 4. The average Bonchev–Trinajstić information content (AvgIpc) is 2.71. The quantitative estimate of drug-likeness (QED) is 0.908. The molecule has 0 bridgehead atoms. The van der Waals surface area contributed by atoms with Crippen molar-refractivity contribution in [1.29, 1.82) is 0 Å².